The molecule has 0 amide bonds. The molecule has 1 aromatic rings. The zero-order valence-corrected chi connectivity index (χ0v) is 10.3. The highest BCUT2D eigenvalue weighted by molar-refractivity contribution is 5.11. The van der Waals surface area contributed by atoms with Gasteiger partial charge in [0.15, 0.2) is 6.23 Å². The molecule has 0 aromatic carbocycles. The van der Waals surface area contributed by atoms with E-state index >= 15 is 0 Å². The molecular formula is C12H13FN2O5. The molecule has 1 aliphatic heterocycles. The maximum Gasteiger partial charge on any atom is 0.330 e. The number of nitrogens with one attached hydrogen (secondary N) is 1. The van der Waals surface area contributed by atoms with E-state index in [1.54, 1.807) is 0 Å². The Morgan fingerprint density at radius 1 is 1.60 bits per heavy atom. The van der Waals surface area contributed by atoms with Crippen molar-refractivity contribution >= 4 is 0 Å². The smallest absolute Gasteiger partial charge is 0.330 e. The van der Waals surface area contributed by atoms with Gasteiger partial charge in [-0.05, 0) is 0 Å². The molecule has 20 heavy (non-hydrogen) atoms. The Morgan fingerprint density at radius 3 is 2.80 bits per heavy atom. The second-order valence-electron chi connectivity index (χ2n) is 4.52. The minimum absolute atomic E-state index is 0.610. The molecule has 1 aromatic heterocycles. The molecule has 0 bridgehead atoms. The Morgan fingerprint density at radius 2 is 2.30 bits per heavy atom. The van der Waals surface area contributed by atoms with Crippen LogP contribution in [0.1, 0.15) is 6.23 Å². The predicted molar refractivity (Wildman–Crippen MR) is 65.6 cm³/mol. The number of alkyl halides is 1. The van der Waals surface area contributed by atoms with E-state index < -0.39 is 48.4 Å². The van der Waals surface area contributed by atoms with Crippen molar-refractivity contribution in [3.63, 3.8) is 0 Å². The third-order valence-electron chi connectivity index (χ3n) is 3.35. The van der Waals surface area contributed by atoms with Crippen LogP contribution in [0.2, 0.25) is 0 Å². The van der Waals surface area contributed by atoms with Gasteiger partial charge in [-0.25, -0.2) is 9.18 Å². The summed E-state index contributed by atoms with van der Waals surface area (Å²) in [4.78, 5) is 24.7. The summed E-state index contributed by atoms with van der Waals surface area (Å²) in [6.07, 6.45) is 3.76. The number of aliphatic hydroxyl groups excluding tert-OH is 2. The largest absolute Gasteiger partial charge is 0.393 e. The molecule has 2 heterocycles. The van der Waals surface area contributed by atoms with Crippen molar-refractivity contribution in [1.82, 2.24) is 9.55 Å². The zero-order valence-electron chi connectivity index (χ0n) is 10.3. The highest BCUT2D eigenvalue weighted by atomic mass is 19.1. The van der Waals surface area contributed by atoms with Gasteiger partial charge in [-0.1, -0.05) is 5.92 Å². The standard InChI is InChI=1S/C12H13FN2O5/c1-2-7-9(18)12(5-13,6-16)20-10(7)15-4-3-8(17)14-11(15)19/h1,3-4,7,9-10,16,18H,5-6H2,(H,14,17,19)/t7-,9-,10+,12+/m0/s1. The Kier molecular flexibility index (Phi) is 3.76. The summed E-state index contributed by atoms with van der Waals surface area (Å²) in [7, 11) is 0. The first-order valence-electron chi connectivity index (χ1n) is 5.79. The Bertz CT molecular complexity index is 642. The van der Waals surface area contributed by atoms with Crippen LogP contribution in [-0.4, -0.2) is 44.8 Å². The lowest BCUT2D eigenvalue weighted by molar-refractivity contribution is -0.138. The number of H-pyrrole nitrogens is 1. The van der Waals surface area contributed by atoms with Gasteiger partial charge in [0.1, 0.15) is 18.4 Å². The molecule has 8 heteroatoms. The second-order valence-corrected chi connectivity index (χ2v) is 4.52. The average Bonchev–Trinajstić information content (AvgIpc) is 2.71. The minimum atomic E-state index is -1.88. The van der Waals surface area contributed by atoms with Crippen LogP contribution in [0.3, 0.4) is 0 Å². The van der Waals surface area contributed by atoms with Crippen molar-refractivity contribution in [2.75, 3.05) is 13.3 Å². The van der Waals surface area contributed by atoms with Gasteiger partial charge in [-0.2, -0.15) is 0 Å². The van der Waals surface area contributed by atoms with E-state index in [2.05, 4.69) is 5.92 Å². The van der Waals surface area contributed by atoms with Crippen LogP contribution in [0.4, 0.5) is 4.39 Å². The van der Waals surface area contributed by atoms with Crippen LogP contribution >= 0.6 is 0 Å². The van der Waals surface area contributed by atoms with E-state index in [1.807, 2.05) is 4.98 Å². The van der Waals surface area contributed by atoms with E-state index in [9.17, 15) is 24.2 Å². The molecule has 4 atom stereocenters. The summed E-state index contributed by atoms with van der Waals surface area (Å²) < 4.78 is 19.3. The first-order chi connectivity index (χ1) is 9.49. The number of nitrogens with zero attached hydrogens (tertiary/aromatic N) is 1. The maximum absolute atomic E-state index is 13.1. The van der Waals surface area contributed by atoms with Crippen LogP contribution < -0.4 is 11.2 Å². The summed E-state index contributed by atoms with van der Waals surface area (Å²) in [5.41, 5.74) is -3.29. The fourth-order valence-electron chi connectivity index (χ4n) is 2.18. The number of aromatic nitrogens is 2. The number of terminal acetylenes is 1. The number of rotatable bonds is 3. The van der Waals surface area contributed by atoms with Crippen molar-refractivity contribution in [2.45, 2.75) is 17.9 Å². The van der Waals surface area contributed by atoms with Gasteiger partial charge < -0.3 is 14.9 Å². The van der Waals surface area contributed by atoms with Crippen molar-refractivity contribution < 1.29 is 19.3 Å². The molecule has 1 saturated heterocycles. The highest BCUT2D eigenvalue weighted by Gasteiger charge is 2.55. The summed E-state index contributed by atoms with van der Waals surface area (Å²) in [5, 5.41) is 19.3. The lowest BCUT2D eigenvalue weighted by Crippen LogP contribution is -2.46. The van der Waals surface area contributed by atoms with E-state index in [4.69, 9.17) is 11.2 Å². The Hall–Kier alpha value is -1.95. The van der Waals surface area contributed by atoms with Gasteiger partial charge in [0.2, 0.25) is 0 Å². The van der Waals surface area contributed by atoms with E-state index in [1.165, 1.54) is 0 Å². The van der Waals surface area contributed by atoms with Gasteiger partial charge in [0.05, 0.1) is 12.5 Å². The van der Waals surface area contributed by atoms with Crippen molar-refractivity contribution in [3.8, 4) is 12.3 Å². The van der Waals surface area contributed by atoms with Crippen LogP contribution in [0.15, 0.2) is 21.9 Å². The molecule has 1 fully saturated rings. The molecule has 3 N–H and O–H groups in total. The molecule has 0 saturated carbocycles. The number of hydrogen-bond donors (Lipinski definition) is 3. The molecular weight excluding hydrogens is 271 g/mol. The topological polar surface area (TPSA) is 105 Å². The molecule has 1 aliphatic rings. The Balaban J connectivity index is 2.49. The summed E-state index contributed by atoms with van der Waals surface area (Å²) >= 11 is 0. The quantitative estimate of drug-likeness (QED) is 0.578. The molecule has 0 radical (unpaired) electrons. The lowest BCUT2D eigenvalue weighted by Gasteiger charge is -2.26. The average molecular weight is 284 g/mol. The first-order valence-corrected chi connectivity index (χ1v) is 5.79. The van der Waals surface area contributed by atoms with E-state index in [0.717, 1.165) is 16.8 Å². The van der Waals surface area contributed by atoms with Crippen LogP contribution in [-0.2, 0) is 4.74 Å². The normalized spacial score (nSPS) is 33.0. The molecule has 108 valence electrons. The molecule has 7 nitrogen and oxygen atoms in total. The van der Waals surface area contributed by atoms with Crippen molar-refractivity contribution in [2.24, 2.45) is 5.92 Å². The summed E-state index contributed by atoms with van der Waals surface area (Å²) in [5.74, 6) is 1.18. The number of halogens is 1. The third-order valence-corrected chi connectivity index (χ3v) is 3.35. The minimum Gasteiger partial charge on any atom is -0.393 e. The fourth-order valence-corrected chi connectivity index (χ4v) is 2.18. The number of hydrogen-bond acceptors (Lipinski definition) is 5. The van der Waals surface area contributed by atoms with Crippen LogP contribution in [0.5, 0.6) is 0 Å². The van der Waals surface area contributed by atoms with Crippen LogP contribution in [0.25, 0.3) is 0 Å². The van der Waals surface area contributed by atoms with Crippen molar-refractivity contribution in [1.29, 1.82) is 0 Å². The maximum atomic E-state index is 13.1. The van der Waals surface area contributed by atoms with Gasteiger partial charge in [0.25, 0.3) is 5.56 Å². The first kappa shape index (κ1) is 14.5. The van der Waals surface area contributed by atoms with Gasteiger partial charge in [0, 0.05) is 12.3 Å². The third kappa shape index (κ3) is 2.06. The number of aromatic amines is 1. The SMILES string of the molecule is C#C[C@@H]1[C@H](n2ccc(=O)[nH]c2=O)O[C@@](CO)(CF)[C@H]1O. The predicted octanol–water partition coefficient (Wildman–Crippen LogP) is -1.62. The molecule has 0 aliphatic carbocycles. The Labute approximate surface area is 112 Å². The van der Waals surface area contributed by atoms with Gasteiger partial charge >= 0.3 is 5.69 Å². The van der Waals surface area contributed by atoms with Gasteiger partial charge in [-0.3, -0.25) is 14.3 Å². The molecule has 2 rings (SSSR count). The van der Waals surface area contributed by atoms with Crippen LogP contribution in [0, 0.1) is 18.3 Å². The second kappa shape index (κ2) is 5.20. The molecule has 0 unspecified atom stereocenters. The zero-order chi connectivity index (χ0) is 14.9. The van der Waals surface area contributed by atoms with E-state index in [-0.39, 0.29) is 0 Å². The monoisotopic (exact) mass is 284 g/mol. The van der Waals surface area contributed by atoms with Gasteiger partial charge in [-0.15, -0.1) is 6.42 Å². The lowest BCUT2D eigenvalue weighted by atomic mass is 9.91. The number of aliphatic hydroxyl groups is 2. The highest BCUT2D eigenvalue weighted by Crippen LogP contribution is 2.40. The molecule has 0 spiro atoms. The fraction of sp³-hybridized carbons (Fsp3) is 0.500. The van der Waals surface area contributed by atoms with Crippen molar-refractivity contribution in [3.05, 3.63) is 33.1 Å². The number of ether oxygens (including phenoxy) is 1. The van der Waals surface area contributed by atoms with E-state index in [0.29, 0.717) is 0 Å². The summed E-state index contributed by atoms with van der Waals surface area (Å²) in [6, 6.07) is 1.07. The summed E-state index contributed by atoms with van der Waals surface area (Å²) in [6.45, 7) is -1.96.